The summed E-state index contributed by atoms with van der Waals surface area (Å²) in [5, 5.41) is 3.27. The molecule has 1 unspecified atom stereocenters. The Kier molecular flexibility index (Phi) is 5.37. The van der Waals surface area contributed by atoms with E-state index in [1.807, 2.05) is 7.05 Å². The highest BCUT2D eigenvalue weighted by Crippen LogP contribution is 2.25. The zero-order valence-corrected chi connectivity index (χ0v) is 13.6. The van der Waals surface area contributed by atoms with Crippen LogP contribution in [0.2, 0.25) is 0 Å². The van der Waals surface area contributed by atoms with Gasteiger partial charge in [0.2, 0.25) is 0 Å². The van der Waals surface area contributed by atoms with Crippen molar-refractivity contribution in [2.24, 2.45) is 0 Å². The second-order valence-corrected chi connectivity index (χ2v) is 5.81. The van der Waals surface area contributed by atoms with Crippen molar-refractivity contribution in [2.45, 2.75) is 12.5 Å². The molecule has 1 atom stereocenters. The molecule has 1 N–H and O–H groups in total. The van der Waals surface area contributed by atoms with Gasteiger partial charge in [-0.15, -0.1) is 0 Å². The molecule has 0 spiro atoms. The Morgan fingerprint density at radius 1 is 1.20 bits per heavy atom. The van der Waals surface area contributed by atoms with Crippen LogP contribution < -0.4 is 10.1 Å². The van der Waals surface area contributed by atoms with Crippen molar-refractivity contribution in [1.82, 2.24) is 5.32 Å². The van der Waals surface area contributed by atoms with Crippen LogP contribution in [-0.4, -0.2) is 14.2 Å². The zero-order valence-electron chi connectivity index (χ0n) is 11.5. The van der Waals surface area contributed by atoms with Crippen molar-refractivity contribution in [3.63, 3.8) is 0 Å². The molecule has 4 heteroatoms. The molecule has 0 bridgehead atoms. The quantitative estimate of drug-likeness (QED) is 0.788. The van der Waals surface area contributed by atoms with E-state index in [1.54, 1.807) is 12.1 Å². The fourth-order valence-electron chi connectivity index (χ4n) is 2.14. The van der Waals surface area contributed by atoms with Crippen molar-refractivity contribution in [3.05, 3.63) is 63.0 Å². The molecule has 0 aromatic heterocycles. The summed E-state index contributed by atoms with van der Waals surface area (Å²) in [5.74, 6) is -0.0503. The standard InChI is InChI=1S/C16H17FINO/c1-19-15(9-11-3-6-13(18)7-4-11)12-5-8-14(17)16(10-12)20-2/h3-8,10,15,19H,9H2,1-2H3. The third-order valence-corrected chi connectivity index (χ3v) is 4.00. The van der Waals surface area contributed by atoms with Crippen LogP contribution in [0.4, 0.5) is 4.39 Å². The van der Waals surface area contributed by atoms with E-state index >= 15 is 0 Å². The van der Waals surface area contributed by atoms with Gasteiger partial charge in [0.15, 0.2) is 11.6 Å². The number of hydrogen-bond donors (Lipinski definition) is 1. The molecule has 0 saturated heterocycles. The van der Waals surface area contributed by atoms with E-state index in [-0.39, 0.29) is 17.6 Å². The van der Waals surface area contributed by atoms with Crippen LogP contribution in [-0.2, 0) is 6.42 Å². The topological polar surface area (TPSA) is 21.3 Å². The summed E-state index contributed by atoms with van der Waals surface area (Å²) in [6, 6.07) is 13.5. The molecule has 0 aliphatic rings. The van der Waals surface area contributed by atoms with Gasteiger partial charge in [-0.05, 0) is 71.5 Å². The number of ether oxygens (including phenoxy) is 1. The molecule has 0 aliphatic heterocycles. The van der Waals surface area contributed by atoms with Crippen LogP contribution >= 0.6 is 22.6 Å². The van der Waals surface area contributed by atoms with E-state index in [1.165, 1.54) is 22.3 Å². The summed E-state index contributed by atoms with van der Waals surface area (Å²) in [5.41, 5.74) is 2.26. The number of methoxy groups -OCH3 is 1. The summed E-state index contributed by atoms with van der Waals surface area (Å²) >= 11 is 2.29. The Labute approximate surface area is 132 Å². The molecular formula is C16H17FINO. The van der Waals surface area contributed by atoms with Crippen molar-refractivity contribution in [3.8, 4) is 5.75 Å². The molecule has 106 valence electrons. The normalized spacial score (nSPS) is 12.2. The maximum Gasteiger partial charge on any atom is 0.165 e. The maximum absolute atomic E-state index is 13.5. The van der Waals surface area contributed by atoms with Gasteiger partial charge in [-0.3, -0.25) is 0 Å². The summed E-state index contributed by atoms with van der Waals surface area (Å²) in [6.07, 6.45) is 0.849. The first kappa shape index (κ1) is 15.3. The average molecular weight is 385 g/mol. The highest BCUT2D eigenvalue weighted by molar-refractivity contribution is 14.1. The van der Waals surface area contributed by atoms with Crippen LogP contribution in [0.5, 0.6) is 5.75 Å². The number of halogens is 2. The zero-order chi connectivity index (χ0) is 14.5. The minimum atomic E-state index is -0.333. The Bertz CT molecular complexity index is 571. The van der Waals surface area contributed by atoms with Gasteiger partial charge in [0.25, 0.3) is 0 Å². The van der Waals surface area contributed by atoms with Gasteiger partial charge in [0, 0.05) is 9.61 Å². The largest absolute Gasteiger partial charge is 0.494 e. The minimum absolute atomic E-state index is 0.129. The number of nitrogens with one attached hydrogen (secondary N) is 1. The van der Waals surface area contributed by atoms with Crippen LogP contribution in [0.1, 0.15) is 17.2 Å². The van der Waals surface area contributed by atoms with Gasteiger partial charge in [-0.1, -0.05) is 18.2 Å². The van der Waals surface area contributed by atoms with E-state index in [2.05, 4.69) is 52.2 Å². The first-order valence-electron chi connectivity index (χ1n) is 6.39. The lowest BCUT2D eigenvalue weighted by Gasteiger charge is -2.18. The Morgan fingerprint density at radius 2 is 1.90 bits per heavy atom. The molecule has 2 aromatic carbocycles. The molecule has 2 aromatic rings. The number of likely N-dealkylation sites (N-methyl/N-ethyl adjacent to an activating group) is 1. The molecule has 0 saturated carbocycles. The van der Waals surface area contributed by atoms with E-state index < -0.39 is 0 Å². The molecule has 2 rings (SSSR count). The molecule has 2 nitrogen and oxygen atoms in total. The molecule has 20 heavy (non-hydrogen) atoms. The number of hydrogen-bond acceptors (Lipinski definition) is 2. The Balaban J connectivity index is 2.21. The monoisotopic (exact) mass is 385 g/mol. The molecular weight excluding hydrogens is 368 g/mol. The van der Waals surface area contributed by atoms with Crippen LogP contribution in [0.15, 0.2) is 42.5 Å². The molecule has 0 heterocycles. The number of benzene rings is 2. The predicted octanol–water partition coefficient (Wildman–Crippen LogP) is 3.94. The fraction of sp³-hybridized carbons (Fsp3) is 0.250. The van der Waals surface area contributed by atoms with E-state index in [0.29, 0.717) is 0 Å². The summed E-state index contributed by atoms with van der Waals surface area (Å²) < 4.78 is 19.7. The lowest BCUT2D eigenvalue weighted by Crippen LogP contribution is -2.19. The van der Waals surface area contributed by atoms with Gasteiger partial charge >= 0.3 is 0 Å². The lowest BCUT2D eigenvalue weighted by molar-refractivity contribution is 0.385. The van der Waals surface area contributed by atoms with Crippen molar-refractivity contribution in [1.29, 1.82) is 0 Å². The molecule has 0 radical (unpaired) electrons. The first-order chi connectivity index (χ1) is 9.63. The van der Waals surface area contributed by atoms with Crippen molar-refractivity contribution in [2.75, 3.05) is 14.2 Å². The van der Waals surface area contributed by atoms with Crippen LogP contribution in [0.25, 0.3) is 0 Å². The molecule has 0 aliphatic carbocycles. The smallest absolute Gasteiger partial charge is 0.165 e. The van der Waals surface area contributed by atoms with Crippen LogP contribution in [0, 0.1) is 9.39 Å². The van der Waals surface area contributed by atoms with E-state index in [4.69, 9.17) is 4.74 Å². The van der Waals surface area contributed by atoms with Crippen LogP contribution in [0.3, 0.4) is 0 Å². The Hall–Kier alpha value is -1.14. The van der Waals surface area contributed by atoms with Gasteiger partial charge in [0.1, 0.15) is 0 Å². The SMILES string of the molecule is CNC(Cc1ccc(I)cc1)c1ccc(F)c(OC)c1. The third kappa shape index (κ3) is 3.70. The van der Waals surface area contributed by atoms with E-state index in [0.717, 1.165) is 12.0 Å². The van der Waals surface area contributed by atoms with Crippen molar-refractivity contribution < 1.29 is 9.13 Å². The summed E-state index contributed by atoms with van der Waals surface area (Å²) in [7, 11) is 3.39. The predicted molar refractivity (Wildman–Crippen MR) is 87.6 cm³/mol. The second-order valence-electron chi connectivity index (χ2n) is 4.57. The summed E-state index contributed by atoms with van der Waals surface area (Å²) in [6.45, 7) is 0. The second kappa shape index (κ2) is 7.04. The van der Waals surface area contributed by atoms with Gasteiger partial charge in [-0.25, -0.2) is 4.39 Å². The molecule has 0 amide bonds. The molecule has 0 fully saturated rings. The highest BCUT2D eigenvalue weighted by Gasteiger charge is 2.13. The fourth-order valence-corrected chi connectivity index (χ4v) is 2.50. The van der Waals surface area contributed by atoms with E-state index in [9.17, 15) is 4.39 Å². The minimum Gasteiger partial charge on any atom is -0.494 e. The third-order valence-electron chi connectivity index (χ3n) is 3.28. The highest BCUT2D eigenvalue weighted by atomic mass is 127. The Morgan fingerprint density at radius 3 is 2.50 bits per heavy atom. The van der Waals surface area contributed by atoms with Gasteiger partial charge < -0.3 is 10.1 Å². The maximum atomic E-state index is 13.5. The number of rotatable bonds is 5. The summed E-state index contributed by atoms with van der Waals surface area (Å²) in [4.78, 5) is 0. The van der Waals surface area contributed by atoms with Gasteiger partial charge in [0.05, 0.1) is 7.11 Å². The van der Waals surface area contributed by atoms with Crippen molar-refractivity contribution >= 4 is 22.6 Å². The first-order valence-corrected chi connectivity index (χ1v) is 7.47. The average Bonchev–Trinajstić information content (AvgIpc) is 2.47. The lowest BCUT2D eigenvalue weighted by atomic mass is 9.99. The van der Waals surface area contributed by atoms with Gasteiger partial charge in [-0.2, -0.15) is 0 Å².